The van der Waals surface area contributed by atoms with Crippen LogP contribution in [0.2, 0.25) is 0 Å². The van der Waals surface area contributed by atoms with Gasteiger partial charge in [0.2, 0.25) is 0 Å². The highest BCUT2D eigenvalue weighted by Gasteiger charge is 2.50. The molecule has 0 aromatic carbocycles. The third-order valence-corrected chi connectivity index (χ3v) is 18.0. The highest BCUT2D eigenvalue weighted by Crippen LogP contribution is 2.57. The van der Waals surface area contributed by atoms with Gasteiger partial charge in [0, 0.05) is 32.2 Å². The molecule has 60 heavy (non-hydrogen) atoms. The first kappa shape index (κ1) is 46.1. The highest BCUT2D eigenvalue weighted by molar-refractivity contribution is 5.72. The van der Waals surface area contributed by atoms with E-state index in [0.717, 1.165) is 93.2 Å². The van der Waals surface area contributed by atoms with Crippen molar-refractivity contribution >= 4 is 18.1 Å². The molecule has 0 spiro atoms. The van der Waals surface area contributed by atoms with Crippen molar-refractivity contribution in [3.63, 3.8) is 0 Å². The largest absolute Gasteiger partial charge is 0.508 e. The van der Waals surface area contributed by atoms with Gasteiger partial charge in [0.25, 0.3) is 0 Å². The molecule has 0 aliphatic heterocycles. The fourth-order valence-electron chi connectivity index (χ4n) is 14.2. The van der Waals surface area contributed by atoms with Crippen LogP contribution in [0.1, 0.15) is 207 Å². The van der Waals surface area contributed by atoms with Gasteiger partial charge >= 0.3 is 18.1 Å². The summed E-state index contributed by atoms with van der Waals surface area (Å²) in [4.78, 5) is 40.6. The smallest absolute Gasteiger partial charge is 0.463 e. The van der Waals surface area contributed by atoms with Crippen molar-refractivity contribution in [1.29, 1.82) is 0 Å². The summed E-state index contributed by atoms with van der Waals surface area (Å²) >= 11 is 0. The predicted molar refractivity (Wildman–Crippen MR) is 234 cm³/mol. The molecule has 7 saturated carbocycles. The third kappa shape index (κ3) is 11.8. The summed E-state index contributed by atoms with van der Waals surface area (Å²) < 4.78 is 29.0. The number of carbonyl (C=O) groups excluding carboxylic acids is 3. The number of hydrogen-bond donors (Lipinski definition) is 0. The van der Waals surface area contributed by atoms with Gasteiger partial charge in [0.05, 0.1) is 12.0 Å². The first-order valence-electron chi connectivity index (χ1n) is 25.5. The molecule has 7 aliphatic rings. The number of esters is 2. The van der Waals surface area contributed by atoms with E-state index in [9.17, 15) is 14.4 Å². The van der Waals surface area contributed by atoms with E-state index in [1.54, 1.807) is 0 Å². The number of hydrogen-bond acceptors (Lipinski definition) is 9. The summed E-state index contributed by atoms with van der Waals surface area (Å²) in [7, 11) is 1.90. The van der Waals surface area contributed by atoms with Crippen LogP contribution in [0.25, 0.3) is 0 Å². The quantitative estimate of drug-likeness (QED) is 0.140. The molecule has 0 N–H and O–H groups in total. The third-order valence-electron chi connectivity index (χ3n) is 18.0. The molecule has 0 bridgehead atoms. The maximum absolute atomic E-state index is 13.1. The van der Waals surface area contributed by atoms with Gasteiger partial charge in [-0.2, -0.15) is 0 Å². The molecule has 9 heteroatoms. The van der Waals surface area contributed by atoms with Crippen LogP contribution >= 0.6 is 0 Å². The molecule has 9 nitrogen and oxygen atoms in total. The normalized spacial score (nSPS) is 40.4. The molecule has 0 radical (unpaired) electrons. The summed E-state index contributed by atoms with van der Waals surface area (Å²) in [5, 5.41) is 0. The first-order valence-corrected chi connectivity index (χ1v) is 25.5. The molecule has 7 rings (SSSR count). The molecule has 0 saturated heterocycles. The van der Waals surface area contributed by atoms with E-state index in [2.05, 4.69) is 25.7 Å². The van der Waals surface area contributed by atoms with Crippen LogP contribution in [-0.4, -0.2) is 78.7 Å². The van der Waals surface area contributed by atoms with Gasteiger partial charge in [-0.25, -0.2) is 4.79 Å². The predicted octanol–water partition coefficient (Wildman–Crippen LogP) is 11.9. The summed E-state index contributed by atoms with van der Waals surface area (Å²) in [6.45, 7) is 9.09. The van der Waals surface area contributed by atoms with Crippen molar-refractivity contribution < 1.29 is 38.1 Å². The molecular weight excluding hydrogens is 755 g/mol. The van der Waals surface area contributed by atoms with Gasteiger partial charge in [0.1, 0.15) is 24.4 Å². The molecule has 0 amide bonds. The molecule has 7 fully saturated rings. The Bertz CT molecular complexity index is 1310. The number of rotatable bonds is 12. The van der Waals surface area contributed by atoms with E-state index in [1.807, 2.05) is 7.11 Å². The summed E-state index contributed by atoms with van der Waals surface area (Å²) in [6, 6.07) is 2.36. The fraction of sp³-hybridized carbons (Fsp3) is 0.941. The summed E-state index contributed by atoms with van der Waals surface area (Å²) in [5.41, 5.74) is 0.309. The van der Waals surface area contributed by atoms with Gasteiger partial charge in [-0.3, -0.25) is 14.5 Å². The molecule has 0 heterocycles. The van der Waals surface area contributed by atoms with Gasteiger partial charge in [0.15, 0.2) is 0 Å². The molecular formula is C51H85NO8. The number of methoxy groups -OCH3 is 1. The Morgan fingerprint density at radius 1 is 0.433 bits per heavy atom. The Balaban J connectivity index is 0.886. The second-order valence-corrected chi connectivity index (χ2v) is 21.7. The SMILES string of the molecule is COC1CCC(C(C)(C2CCC(OC(=O)OC3CCC(C(=O)OC4CCC(OC(C)=O)CC4)CC3)CC2)C2CCC(N(C3CCC(C)CC3)C3CCC(C)CC3)CC2)CC1. The number of carbonyl (C=O) groups is 3. The van der Waals surface area contributed by atoms with E-state index >= 15 is 0 Å². The second kappa shape index (κ2) is 21.7. The average molecular weight is 840 g/mol. The zero-order valence-electron chi connectivity index (χ0n) is 38.6. The lowest BCUT2D eigenvalue weighted by Crippen LogP contribution is -2.54. The Morgan fingerprint density at radius 3 is 1.18 bits per heavy atom. The van der Waals surface area contributed by atoms with E-state index in [1.165, 1.54) is 110 Å². The van der Waals surface area contributed by atoms with Crippen molar-refractivity contribution in [1.82, 2.24) is 4.90 Å². The second-order valence-electron chi connectivity index (χ2n) is 21.7. The minimum absolute atomic E-state index is 0.0669. The van der Waals surface area contributed by atoms with Crippen molar-refractivity contribution in [2.45, 2.75) is 256 Å². The van der Waals surface area contributed by atoms with Crippen molar-refractivity contribution in [3.8, 4) is 0 Å². The van der Waals surface area contributed by atoms with E-state index in [4.69, 9.17) is 23.7 Å². The van der Waals surface area contributed by atoms with Crippen LogP contribution in [0.3, 0.4) is 0 Å². The fourth-order valence-corrected chi connectivity index (χ4v) is 14.2. The highest BCUT2D eigenvalue weighted by atomic mass is 16.7. The van der Waals surface area contributed by atoms with E-state index in [0.29, 0.717) is 43.1 Å². The molecule has 1 atom stereocenters. The van der Waals surface area contributed by atoms with Crippen LogP contribution in [0, 0.1) is 40.9 Å². The zero-order chi connectivity index (χ0) is 42.2. The van der Waals surface area contributed by atoms with Crippen LogP contribution < -0.4 is 0 Å². The lowest BCUT2D eigenvalue weighted by molar-refractivity contribution is -0.161. The van der Waals surface area contributed by atoms with Gasteiger partial charge in [-0.05, 0) is 215 Å². The summed E-state index contributed by atoms with van der Waals surface area (Å²) in [5.74, 6) is 3.41. The maximum Gasteiger partial charge on any atom is 0.508 e. The van der Waals surface area contributed by atoms with E-state index < -0.39 is 6.16 Å². The number of ether oxygens (including phenoxy) is 5. The molecule has 342 valence electrons. The minimum Gasteiger partial charge on any atom is -0.463 e. The Kier molecular flexibility index (Phi) is 16.7. The van der Waals surface area contributed by atoms with Gasteiger partial charge in [-0.15, -0.1) is 0 Å². The molecule has 0 aromatic heterocycles. The van der Waals surface area contributed by atoms with E-state index in [-0.39, 0.29) is 42.3 Å². The molecule has 0 aromatic rings. The van der Waals surface area contributed by atoms with Crippen LogP contribution in [0.4, 0.5) is 4.79 Å². The zero-order valence-corrected chi connectivity index (χ0v) is 38.6. The van der Waals surface area contributed by atoms with Gasteiger partial charge < -0.3 is 23.7 Å². The summed E-state index contributed by atoms with van der Waals surface area (Å²) in [6.07, 6.45) is 30.8. The minimum atomic E-state index is -0.530. The van der Waals surface area contributed by atoms with Crippen LogP contribution in [0.5, 0.6) is 0 Å². The molecule has 1 unspecified atom stereocenters. The standard InChI is InChI=1S/C51H85NO8/c1-34-6-18-41(19-7-34)52(42-20-8-35(2)9-21-42)43-22-12-38(13-23-43)51(4,39-14-26-44(56-5)27-15-39)40-16-28-48(29-17-40)60-50(55)59-47-24-10-37(11-25-47)49(54)58-46-32-30-45(31-33-46)57-36(3)53/h34-35,37-48H,6-33H2,1-5H3. The first-order chi connectivity index (χ1) is 29.0. The van der Waals surface area contributed by atoms with Crippen LogP contribution in [-0.2, 0) is 33.3 Å². The van der Waals surface area contributed by atoms with Crippen molar-refractivity contribution in [2.24, 2.45) is 40.9 Å². The topological polar surface area (TPSA) is 101 Å². The van der Waals surface area contributed by atoms with Crippen LogP contribution in [0.15, 0.2) is 0 Å². The Hall–Kier alpha value is -1.87. The maximum atomic E-state index is 13.1. The molecule has 7 aliphatic carbocycles. The Labute approximate surface area is 364 Å². The lowest BCUT2D eigenvalue weighted by Gasteiger charge is -2.56. The monoisotopic (exact) mass is 840 g/mol. The van der Waals surface area contributed by atoms with Crippen molar-refractivity contribution in [2.75, 3.05) is 7.11 Å². The Morgan fingerprint density at radius 2 is 0.767 bits per heavy atom. The van der Waals surface area contributed by atoms with Gasteiger partial charge in [-0.1, -0.05) is 20.8 Å². The number of nitrogens with zero attached hydrogens (tertiary/aromatic N) is 1. The van der Waals surface area contributed by atoms with Crippen molar-refractivity contribution in [3.05, 3.63) is 0 Å². The lowest BCUT2D eigenvalue weighted by atomic mass is 9.52. The average Bonchev–Trinajstić information content (AvgIpc) is 3.26.